The smallest absolute Gasteiger partial charge is 0.396 e. The number of piperazine rings is 1. The van der Waals surface area contributed by atoms with Crippen molar-refractivity contribution in [2.75, 3.05) is 29.0 Å². The first-order valence-corrected chi connectivity index (χ1v) is 11.0. The highest BCUT2D eigenvalue weighted by atomic mass is 19.4. The number of rotatable bonds is 5. The molecule has 0 unspecified atom stereocenters. The molecule has 3 rings (SSSR count). The molecule has 1 aliphatic rings. The third-order valence-corrected chi connectivity index (χ3v) is 5.76. The summed E-state index contributed by atoms with van der Waals surface area (Å²) in [4.78, 5) is 14.9. The van der Waals surface area contributed by atoms with Gasteiger partial charge in [0.05, 0.1) is 28.2 Å². The largest absolute Gasteiger partial charge is 0.417 e. The second-order valence-electron chi connectivity index (χ2n) is 8.54. The van der Waals surface area contributed by atoms with Crippen LogP contribution < -0.4 is 21.3 Å². The van der Waals surface area contributed by atoms with Crippen LogP contribution in [0.3, 0.4) is 0 Å². The summed E-state index contributed by atoms with van der Waals surface area (Å²) in [6, 6.07) is 3.52. The third-order valence-electron chi connectivity index (χ3n) is 5.76. The van der Waals surface area contributed by atoms with Crippen LogP contribution in [0.1, 0.15) is 42.3 Å². The van der Waals surface area contributed by atoms with Crippen molar-refractivity contribution in [2.24, 2.45) is 0 Å². The van der Waals surface area contributed by atoms with Gasteiger partial charge in [0.25, 0.3) is 5.91 Å². The summed E-state index contributed by atoms with van der Waals surface area (Å²) in [5.41, 5.74) is 3.52. The van der Waals surface area contributed by atoms with Crippen LogP contribution in [0, 0.1) is 11.6 Å². The van der Waals surface area contributed by atoms with Crippen molar-refractivity contribution in [1.82, 2.24) is 5.32 Å². The average molecular weight is 495 g/mol. The number of carbonyl (C=O) groups excluding carboxylic acids is 1. The minimum Gasteiger partial charge on any atom is -0.396 e. The molecule has 0 bridgehead atoms. The van der Waals surface area contributed by atoms with Gasteiger partial charge in [-0.2, -0.15) is 13.2 Å². The molecule has 0 aromatic heterocycles. The summed E-state index contributed by atoms with van der Waals surface area (Å²) in [6.07, 6.45) is -1.95. The fourth-order valence-corrected chi connectivity index (χ4v) is 4.25. The number of nitrogens with two attached hydrogens (primary N) is 1. The molecule has 1 fully saturated rings. The lowest BCUT2D eigenvalue weighted by molar-refractivity contribution is -0.138. The average Bonchev–Trinajstić information content (AvgIpc) is 2.76. The van der Waals surface area contributed by atoms with Gasteiger partial charge < -0.3 is 21.3 Å². The molecule has 1 aliphatic heterocycles. The standard InChI is InChI=1S/C25H27F5N4O/c1-5-15(6-2)16-8-22(23(10-19(16)26)34-11-13(3)32-14(4)12-34)33-24(35)17-7-21(31)20(27)9-18(17)25(28,29)30/h5-10,13-14,32H,1,11-12,31H2,2-4H3,(H,33,35)/b15-6+/t13-,14+. The molecule has 10 heteroatoms. The number of amides is 1. The Morgan fingerprint density at radius 2 is 1.74 bits per heavy atom. The number of allylic oxidation sites excluding steroid dienone is 3. The Kier molecular flexibility index (Phi) is 7.54. The molecule has 0 saturated carbocycles. The maximum atomic E-state index is 15.1. The van der Waals surface area contributed by atoms with Crippen LogP contribution in [-0.2, 0) is 6.18 Å². The van der Waals surface area contributed by atoms with Gasteiger partial charge in [0, 0.05) is 30.7 Å². The maximum absolute atomic E-state index is 15.1. The van der Waals surface area contributed by atoms with E-state index >= 15 is 4.39 Å². The van der Waals surface area contributed by atoms with Gasteiger partial charge in [-0.3, -0.25) is 4.79 Å². The van der Waals surface area contributed by atoms with Gasteiger partial charge in [-0.1, -0.05) is 18.7 Å². The van der Waals surface area contributed by atoms with Crippen molar-refractivity contribution in [1.29, 1.82) is 0 Å². The summed E-state index contributed by atoms with van der Waals surface area (Å²) in [7, 11) is 0. The summed E-state index contributed by atoms with van der Waals surface area (Å²) in [5.74, 6) is -3.02. The van der Waals surface area contributed by atoms with Gasteiger partial charge in [0.2, 0.25) is 0 Å². The van der Waals surface area contributed by atoms with Gasteiger partial charge in [0.1, 0.15) is 11.6 Å². The van der Waals surface area contributed by atoms with Crippen LogP contribution in [-0.4, -0.2) is 31.1 Å². The van der Waals surface area contributed by atoms with Crippen LogP contribution in [0.4, 0.5) is 39.0 Å². The van der Waals surface area contributed by atoms with E-state index in [0.29, 0.717) is 30.4 Å². The van der Waals surface area contributed by atoms with E-state index < -0.39 is 40.5 Å². The van der Waals surface area contributed by atoms with Gasteiger partial charge >= 0.3 is 6.18 Å². The Balaban J connectivity index is 2.14. The topological polar surface area (TPSA) is 70.4 Å². The zero-order valence-electron chi connectivity index (χ0n) is 19.6. The Morgan fingerprint density at radius 3 is 2.29 bits per heavy atom. The Morgan fingerprint density at radius 1 is 1.11 bits per heavy atom. The lowest BCUT2D eigenvalue weighted by Gasteiger charge is -2.38. The molecule has 35 heavy (non-hydrogen) atoms. The second kappa shape index (κ2) is 10.1. The molecule has 2 aromatic carbocycles. The molecular weight excluding hydrogens is 467 g/mol. The molecule has 188 valence electrons. The first kappa shape index (κ1) is 26.2. The maximum Gasteiger partial charge on any atom is 0.417 e. The predicted molar refractivity (Wildman–Crippen MR) is 128 cm³/mol. The van der Waals surface area contributed by atoms with Gasteiger partial charge in [-0.05, 0) is 50.6 Å². The Bertz CT molecular complexity index is 1170. The summed E-state index contributed by atoms with van der Waals surface area (Å²) in [5, 5.41) is 5.82. The van der Waals surface area contributed by atoms with Crippen LogP contribution in [0.2, 0.25) is 0 Å². The minimum absolute atomic E-state index is 0.0399. The molecule has 2 aromatic rings. The van der Waals surface area contributed by atoms with Crippen LogP contribution in [0.15, 0.2) is 43.0 Å². The molecule has 1 heterocycles. The van der Waals surface area contributed by atoms with E-state index in [-0.39, 0.29) is 29.4 Å². The van der Waals surface area contributed by atoms with Crippen molar-refractivity contribution < 1.29 is 26.7 Å². The monoisotopic (exact) mass is 494 g/mol. The normalized spacial score (nSPS) is 19.0. The number of alkyl halides is 3. The van der Waals surface area contributed by atoms with E-state index in [1.165, 1.54) is 18.2 Å². The molecule has 0 aliphatic carbocycles. The van der Waals surface area contributed by atoms with E-state index in [4.69, 9.17) is 5.73 Å². The van der Waals surface area contributed by atoms with Crippen LogP contribution in [0.5, 0.6) is 0 Å². The fraction of sp³-hybridized carbons (Fsp3) is 0.320. The van der Waals surface area contributed by atoms with Crippen molar-refractivity contribution in [3.05, 3.63) is 71.3 Å². The van der Waals surface area contributed by atoms with E-state index in [0.717, 1.165) is 0 Å². The molecular formula is C25H27F5N4O. The second-order valence-corrected chi connectivity index (χ2v) is 8.54. The minimum atomic E-state index is -5.00. The van der Waals surface area contributed by atoms with E-state index in [9.17, 15) is 22.4 Å². The highest BCUT2D eigenvalue weighted by molar-refractivity contribution is 6.08. The number of benzene rings is 2. The number of hydrogen-bond donors (Lipinski definition) is 3. The quantitative estimate of drug-likeness (QED) is 0.288. The lowest BCUT2D eigenvalue weighted by Crippen LogP contribution is -2.54. The van der Waals surface area contributed by atoms with Gasteiger partial charge in [-0.15, -0.1) is 0 Å². The first-order chi connectivity index (χ1) is 16.3. The van der Waals surface area contributed by atoms with Crippen LogP contribution >= 0.6 is 0 Å². The number of anilines is 3. The number of halogens is 5. The van der Waals surface area contributed by atoms with Crippen molar-refractivity contribution in [3.8, 4) is 0 Å². The number of hydrogen-bond acceptors (Lipinski definition) is 4. The SMILES string of the molecule is C=C/C(=C\C)c1cc(NC(=O)c2cc(N)c(F)cc2C(F)(F)F)c(N2C[C@@H](C)N[C@@H](C)C2)cc1F. The van der Waals surface area contributed by atoms with Crippen molar-refractivity contribution in [3.63, 3.8) is 0 Å². The zero-order chi connectivity index (χ0) is 26.1. The highest BCUT2D eigenvalue weighted by Crippen LogP contribution is 2.37. The first-order valence-electron chi connectivity index (χ1n) is 11.0. The van der Waals surface area contributed by atoms with E-state index in [1.54, 1.807) is 13.0 Å². The zero-order valence-corrected chi connectivity index (χ0v) is 19.6. The van der Waals surface area contributed by atoms with E-state index in [2.05, 4.69) is 17.2 Å². The number of nitrogens with zero attached hydrogens (tertiary/aromatic N) is 1. The number of nitrogens with one attached hydrogen (secondary N) is 2. The Hall–Kier alpha value is -3.40. The van der Waals surface area contributed by atoms with Gasteiger partial charge in [0.15, 0.2) is 0 Å². The molecule has 4 N–H and O–H groups in total. The van der Waals surface area contributed by atoms with Crippen molar-refractivity contribution in [2.45, 2.75) is 39.0 Å². The highest BCUT2D eigenvalue weighted by Gasteiger charge is 2.37. The molecule has 0 spiro atoms. The van der Waals surface area contributed by atoms with Crippen molar-refractivity contribution >= 4 is 28.5 Å². The van der Waals surface area contributed by atoms with E-state index in [1.807, 2.05) is 18.7 Å². The number of carbonyl (C=O) groups is 1. The lowest BCUT2D eigenvalue weighted by atomic mass is 10.0. The van der Waals surface area contributed by atoms with Crippen LogP contribution in [0.25, 0.3) is 5.57 Å². The summed E-state index contributed by atoms with van der Waals surface area (Å²) < 4.78 is 69.6. The molecule has 1 amide bonds. The Labute approximate surface area is 200 Å². The summed E-state index contributed by atoms with van der Waals surface area (Å²) in [6.45, 7) is 10.2. The third kappa shape index (κ3) is 5.64. The fourth-order valence-electron chi connectivity index (χ4n) is 4.25. The predicted octanol–water partition coefficient (Wildman–Crippen LogP) is 5.59. The number of nitrogen functional groups attached to an aromatic ring is 1. The molecule has 5 nitrogen and oxygen atoms in total. The molecule has 1 saturated heterocycles. The summed E-state index contributed by atoms with van der Waals surface area (Å²) >= 11 is 0. The van der Waals surface area contributed by atoms with Gasteiger partial charge in [-0.25, -0.2) is 8.78 Å². The molecule has 0 radical (unpaired) electrons. The molecule has 2 atom stereocenters.